The van der Waals surface area contributed by atoms with Crippen LogP contribution in [-0.2, 0) is 9.53 Å². The van der Waals surface area contributed by atoms with E-state index in [9.17, 15) is 9.59 Å². The summed E-state index contributed by atoms with van der Waals surface area (Å²) in [5.74, 6) is -0.200. The Bertz CT molecular complexity index is 1070. The van der Waals surface area contributed by atoms with Crippen LogP contribution < -0.4 is 10.1 Å². The molecule has 3 rings (SSSR count). The molecule has 9 heteroatoms. The lowest BCUT2D eigenvalue weighted by Gasteiger charge is -2.18. The molecule has 1 unspecified atom stereocenters. The summed E-state index contributed by atoms with van der Waals surface area (Å²) in [5, 5.41) is 11.0. The number of methoxy groups -OCH3 is 2. The first-order valence-corrected chi connectivity index (χ1v) is 9.92. The number of hydrogen-bond acceptors (Lipinski definition) is 6. The maximum absolute atomic E-state index is 13.0. The number of benzene rings is 2. The quantitative estimate of drug-likeness (QED) is 0.529. The van der Waals surface area contributed by atoms with Gasteiger partial charge in [-0.2, -0.15) is 0 Å². The first-order valence-electron chi connectivity index (χ1n) is 9.12. The van der Waals surface area contributed by atoms with E-state index in [-0.39, 0.29) is 12.1 Å². The second-order valence-corrected chi connectivity index (χ2v) is 7.41. The van der Waals surface area contributed by atoms with Crippen LogP contribution in [0.5, 0.6) is 5.75 Å². The molecule has 0 aliphatic heterocycles. The van der Waals surface area contributed by atoms with Crippen LogP contribution >= 0.6 is 15.9 Å². The molecule has 3 aromatic rings. The Balaban J connectivity index is 1.87. The molecular weight excluding hydrogens is 452 g/mol. The number of hydrogen-bond donors (Lipinski definition) is 1. The minimum absolute atomic E-state index is 0.0121. The van der Waals surface area contributed by atoms with Crippen LogP contribution in [-0.4, -0.2) is 41.1 Å². The first kappa shape index (κ1) is 21.5. The zero-order valence-electron chi connectivity index (χ0n) is 16.8. The molecule has 0 radical (unpaired) electrons. The van der Waals surface area contributed by atoms with Crippen molar-refractivity contribution in [2.75, 3.05) is 14.2 Å². The Morgan fingerprint density at radius 1 is 1.17 bits per heavy atom. The fraction of sp³-hybridized carbons (Fsp3) is 0.238. The van der Waals surface area contributed by atoms with Crippen molar-refractivity contribution >= 4 is 27.8 Å². The third kappa shape index (κ3) is 4.85. The van der Waals surface area contributed by atoms with Crippen LogP contribution in [0, 0.1) is 6.92 Å². The van der Waals surface area contributed by atoms with Gasteiger partial charge in [0.1, 0.15) is 5.75 Å². The van der Waals surface area contributed by atoms with E-state index in [4.69, 9.17) is 9.47 Å². The van der Waals surface area contributed by atoms with Crippen molar-refractivity contribution < 1.29 is 19.1 Å². The van der Waals surface area contributed by atoms with Gasteiger partial charge < -0.3 is 14.8 Å². The van der Waals surface area contributed by atoms with Gasteiger partial charge in [0.25, 0.3) is 5.91 Å². The van der Waals surface area contributed by atoms with Gasteiger partial charge in [-0.1, -0.05) is 39.3 Å². The van der Waals surface area contributed by atoms with Crippen LogP contribution in [0.3, 0.4) is 0 Å². The van der Waals surface area contributed by atoms with Gasteiger partial charge in [-0.15, -0.1) is 5.10 Å². The Morgan fingerprint density at radius 2 is 1.93 bits per heavy atom. The zero-order chi connectivity index (χ0) is 21.7. The van der Waals surface area contributed by atoms with E-state index in [2.05, 4.69) is 31.6 Å². The lowest BCUT2D eigenvalue weighted by Crippen LogP contribution is -2.31. The minimum atomic E-state index is -0.580. The number of amides is 1. The van der Waals surface area contributed by atoms with E-state index in [1.165, 1.54) is 7.11 Å². The standard InChI is InChI=1S/C21H21BrN4O4/c1-13-20(24-25-26(13)16-8-5-9-17(11-16)29-2)21(28)23-18(12-19(27)30-3)14-6-4-7-15(22)10-14/h4-11,18H,12H2,1-3H3,(H,23,28). The SMILES string of the molecule is COC(=O)CC(NC(=O)c1nnn(-c2cccc(OC)c2)c1C)c1cccc(Br)c1. The maximum Gasteiger partial charge on any atom is 0.307 e. The molecule has 0 fully saturated rings. The highest BCUT2D eigenvalue weighted by molar-refractivity contribution is 9.10. The van der Waals surface area contributed by atoms with E-state index in [1.807, 2.05) is 42.5 Å². The van der Waals surface area contributed by atoms with Gasteiger partial charge in [0.2, 0.25) is 0 Å². The van der Waals surface area contributed by atoms with Crippen LogP contribution in [0.2, 0.25) is 0 Å². The fourth-order valence-corrected chi connectivity index (χ4v) is 3.40. The van der Waals surface area contributed by atoms with E-state index >= 15 is 0 Å². The Morgan fingerprint density at radius 3 is 2.63 bits per heavy atom. The second-order valence-electron chi connectivity index (χ2n) is 6.50. The number of nitrogens with one attached hydrogen (secondary N) is 1. The van der Waals surface area contributed by atoms with Gasteiger partial charge >= 0.3 is 5.97 Å². The lowest BCUT2D eigenvalue weighted by atomic mass is 10.0. The van der Waals surface area contributed by atoms with Crippen molar-refractivity contribution in [2.45, 2.75) is 19.4 Å². The summed E-state index contributed by atoms with van der Waals surface area (Å²) < 4.78 is 12.4. The molecule has 1 N–H and O–H groups in total. The molecule has 0 aliphatic carbocycles. The summed E-state index contributed by atoms with van der Waals surface area (Å²) in [6.07, 6.45) is -0.0121. The van der Waals surface area contributed by atoms with E-state index in [0.29, 0.717) is 11.4 Å². The monoisotopic (exact) mass is 472 g/mol. The van der Waals surface area contributed by atoms with Gasteiger partial charge in [-0.05, 0) is 36.8 Å². The van der Waals surface area contributed by atoms with Crippen molar-refractivity contribution in [1.29, 1.82) is 0 Å². The van der Waals surface area contributed by atoms with Crippen molar-refractivity contribution in [1.82, 2.24) is 20.3 Å². The number of esters is 1. The number of ether oxygens (including phenoxy) is 2. The summed E-state index contributed by atoms with van der Waals surface area (Å²) >= 11 is 3.41. The number of rotatable bonds is 7. The molecule has 1 aromatic heterocycles. The van der Waals surface area contributed by atoms with Crippen molar-refractivity contribution in [3.8, 4) is 11.4 Å². The van der Waals surface area contributed by atoms with Gasteiger partial charge in [0.05, 0.1) is 38.1 Å². The van der Waals surface area contributed by atoms with Crippen molar-refractivity contribution in [3.05, 3.63) is 70.0 Å². The number of aromatic nitrogens is 3. The van der Waals surface area contributed by atoms with E-state index in [0.717, 1.165) is 15.7 Å². The molecule has 2 aromatic carbocycles. The number of nitrogens with zero attached hydrogens (tertiary/aromatic N) is 3. The molecule has 1 amide bonds. The van der Waals surface area contributed by atoms with Crippen LogP contribution in [0.25, 0.3) is 5.69 Å². The Hall–Kier alpha value is -3.20. The molecule has 0 spiro atoms. The molecule has 1 atom stereocenters. The maximum atomic E-state index is 13.0. The molecular formula is C21H21BrN4O4. The summed E-state index contributed by atoms with van der Waals surface area (Å²) in [6, 6.07) is 14.1. The summed E-state index contributed by atoms with van der Waals surface area (Å²) in [6.45, 7) is 1.75. The topological polar surface area (TPSA) is 95.3 Å². The zero-order valence-corrected chi connectivity index (χ0v) is 18.3. The lowest BCUT2D eigenvalue weighted by molar-refractivity contribution is -0.141. The Kier molecular flexibility index (Phi) is 6.83. The first-order chi connectivity index (χ1) is 14.4. The average molecular weight is 473 g/mol. The molecule has 0 saturated heterocycles. The fourth-order valence-electron chi connectivity index (χ4n) is 2.98. The minimum Gasteiger partial charge on any atom is -0.497 e. The summed E-state index contributed by atoms with van der Waals surface area (Å²) in [5.41, 5.74) is 2.21. The van der Waals surface area contributed by atoms with Crippen molar-refractivity contribution in [2.24, 2.45) is 0 Å². The van der Waals surface area contributed by atoms with E-state index < -0.39 is 17.9 Å². The summed E-state index contributed by atoms with van der Waals surface area (Å²) in [4.78, 5) is 24.8. The molecule has 8 nitrogen and oxygen atoms in total. The van der Waals surface area contributed by atoms with Gasteiger partial charge in [0, 0.05) is 10.5 Å². The molecule has 0 aliphatic rings. The smallest absolute Gasteiger partial charge is 0.307 e. The number of halogens is 1. The second kappa shape index (κ2) is 9.53. The normalized spacial score (nSPS) is 11.6. The highest BCUT2D eigenvalue weighted by atomic mass is 79.9. The van der Waals surface area contributed by atoms with Crippen molar-refractivity contribution in [3.63, 3.8) is 0 Å². The Labute approximate surface area is 182 Å². The summed E-state index contributed by atoms with van der Waals surface area (Å²) in [7, 11) is 2.89. The number of carbonyl (C=O) groups is 2. The third-order valence-corrected chi connectivity index (χ3v) is 5.06. The molecule has 30 heavy (non-hydrogen) atoms. The van der Waals surface area contributed by atoms with Crippen LogP contribution in [0.4, 0.5) is 0 Å². The number of carbonyl (C=O) groups excluding carboxylic acids is 2. The van der Waals surface area contributed by atoms with Gasteiger partial charge in [-0.3, -0.25) is 9.59 Å². The molecule has 0 bridgehead atoms. The average Bonchev–Trinajstić information content (AvgIpc) is 3.14. The molecule has 156 valence electrons. The van der Waals surface area contributed by atoms with Gasteiger partial charge in [-0.25, -0.2) is 4.68 Å². The van der Waals surface area contributed by atoms with E-state index in [1.54, 1.807) is 24.8 Å². The van der Waals surface area contributed by atoms with Gasteiger partial charge in [0.15, 0.2) is 5.69 Å². The predicted octanol–water partition coefficient (Wildman–Crippen LogP) is 3.38. The van der Waals surface area contributed by atoms with Crippen LogP contribution in [0.15, 0.2) is 53.0 Å². The van der Waals surface area contributed by atoms with Crippen LogP contribution in [0.1, 0.15) is 34.2 Å². The molecule has 0 saturated carbocycles. The third-order valence-electron chi connectivity index (χ3n) is 4.56. The predicted molar refractivity (Wildman–Crippen MR) is 114 cm³/mol. The molecule has 1 heterocycles. The highest BCUT2D eigenvalue weighted by Gasteiger charge is 2.24. The highest BCUT2D eigenvalue weighted by Crippen LogP contribution is 2.23. The largest absolute Gasteiger partial charge is 0.497 e.